The molecule has 0 saturated heterocycles. The van der Waals surface area contributed by atoms with E-state index < -0.39 is 5.91 Å². The average molecular weight is 206 g/mol. The Hall–Kier alpha value is -1.39. The summed E-state index contributed by atoms with van der Waals surface area (Å²) in [5.41, 5.74) is 1.06. The summed E-state index contributed by atoms with van der Waals surface area (Å²) in [6.07, 6.45) is 1.62. The molecule has 1 aromatic rings. The van der Waals surface area contributed by atoms with Gasteiger partial charge in [-0.1, -0.05) is 30.3 Å². The van der Waals surface area contributed by atoms with E-state index in [0.717, 1.165) is 5.56 Å². The Labute approximate surface area is 88.9 Å². The van der Waals surface area contributed by atoms with Crippen molar-refractivity contribution in [3.63, 3.8) is 0 Å². The van der Waals surface area contributed by atoms with Gasteiger partial charge in [0.05, 0.1) is 6.34 Å². The molecule has 0 aromatic heterocycles. The quantitative estimate of drug-likeness (QED) is 0.758. The van der Waals surface area contributed by atoms with Crippen LogP contribution in [-0.2, 0) is 9.47 Å². The summed E-state index contributed by atoms with van der Waals surface area (Å²) in [5.74, 6) is -0.874. The van der Waals surface area contributed by atoms with Gasteiger partial charge in [-0.05, 0) is 5.56 Å². The van der Waals surface area contributed by atoms with E-state index in [4.69, 9.17) is 9.47 Å². The van der Waals surface area contributed by atoms with Gasteiger partial charge in [0, 0.05) is 14.2 Å². The van der Waals surface area contributed by atoms with Gasteiger partial charge < -0.3 is 14.8 Å². The van der Waals surface area contributed by atoms with E-state index >= 15 is 0 Å². The molecule has 4 nitrogen and oxygen atoms in total. The molecular weight excluding hydrogens is 192 g/mol. The number of benzene rings is 1. The van der Waals surface area contributed by atoms with Crippen molar-refractivity contribution in [1.82, 2.24) is 5.32 Å². The molecular formula is C11H14N2O2. The molecule has 80 valence electrons. The molecule has 2 rings (SSSR count). The fourth-order valence-electron chi connectivity index (χ4n) is 1.74. The summed E-state index contributed by atoms with van der Waals surface area (Å²) in [6.45, 7) is 0. The Kier molecular flexibility index (Phi) is 2.70. The minimum atomic E-state index is -0.874. The Morgan fingerprint density at radius 1 is 1.20 bits per heavy atom. The van der Waals surface area contributed by atoms with Gasteiger partial charge in [-0.15, -0.1) is 0 Å². The monoisotopic (exact) mass is 206 g/mol. The lowest BCUT2D eigenvalue weighted by Crippen LogP contribution is -2.48. The second-order valence-corrected chi connectivity index (χ2v) is 3.31. The molecule has 0 fully saturated rings. The zero-order chi connectivity index (χ0) is 10.7. The lowest BCUT2D eigenvalue weighted by Gasteiger charge is -2.31. The Morgan fingerprint density at radius 3 is 2.47 bits per heavy atom. The predicted molar refractivity (Wildman–Crippen MR) is 57.6 cm³/mol. The summed E-state index contributed by atoms with van der Waals surface area (Å²) in [6, 6.07) is 9.74. The standard InChI is InChI=1S/C11H14N2O2/c1-14-11(15-2)10(12-8-13-11)9-6-4-3-5-7-9/h3-8,10H,1-2H3,(H,12,13). The molecule has 1 aromatic carbocycles. The molecule has 0 bridgehead atoms. The van der Waals surface area contributed by atoms with E-state index in [2.05, 4.69) is 10.3 Å². The van der Waals surface area contributed by atoms with Crippen molar-refractivity contribution in [1.29, 1.82) is 0 Å². The Bertz CT molecular complexity index is 347. The Balaban J connectivity index is 2.32. The van der Waals surface area contributed by atoms with Crippen molar-refractivity contribution >= 4 is 6.34 Å². The normalized spacial score (nSPS) is 22.7. The number of nitrogens with one attached hydrogen (secondary N) is 1. The van der Waals surface area contributed by atoms with Crippen molar-refractivity contribution < 1.29 is 9.47 Å². The number of nitrogens with zero attached hydrogens (tertiary/aromatic N) is 1. The van der Waals surface area contributed by atoms with Crippen LogP contribution in [0.4, 0.5) is 0 Å². The first-order valence-electron chi connectivity index (χ1n) is 4.77. The van der Waals surface area contributed by atoms with Crippen LogP contribution in [0.5, 0.6) is 0 Å². The highest BCUT2D eigenvalue weighted by atomic mass is 16.7. The molecule has 1 aliphatic heterocycles. The largest absolute Gasteiger partial charge is 0.334 e. The first-order valence-corrected chi connectivity index (χ1v) is 4.77. The average Bonchev–Trinajstić information content (AvgIpc) is 2.74. The van der Waals surface area contributed by atoms with Gasteiger partial charge in [0.1, 0.15) is 0 Å². The van der Waals surface area contributed by atoms with Crippen LogP contribution in [0, 0.1) is 0 Å². The summed E-state index contributed by atoms with van der Waals surface area (Å²) >= 11 is 0. The highest BCUT2D eigenvalue weighted by Gasteiger charge is 2.43. The van der Waals surface area contributed by atoms with Crippen LogP contribution in [0.3, 0.4) is 0 Å². The van der Waals surface area contributed by atoms with Crippen molar-refractivity contribution in [2.24, 2.45) is 4.99 Å². The van der Waals surface area contributed by atoms with E-state index in [1.54, 1.807) is 20.6 Å². The highest BCUT2D eigenvalue weighted by molar-refractivity contribution is 5.59. The van der Waals surface area contributed by atoms with Crippen LogP contribution in [-0.4, -0.2) is 26.5 Å². The maximum Gasteiger partial charge on any atom is 0.277 e. The van der Waals surface area contributed by atoms with Crippen LogP contribution in [0.1, 0.15) is 11.6 Å². The number of aliphatic imine (C=N–C) groups is 1. The number of hydrogen-bond donors (Lipinski definition) is 1. The minimum absolute atomic E-state index is 0.173. The Morgan fingerprint density at radius 2 is 1.87 bits per heavy atom. The van der Waals surface area contributed by atoms with Gasteiger partial charge in [0.25, 0.3) is 5.91 Å². The molecule has 0 radical (unpaired) electrons. The number of methoxy groups -OCH3 is 2. The van der Waals surface area contributed by atoms with Crippen molar-refractivity contribution in [3.05, 3.63) is 35.9 Å². The smallest absolute Gasteiger partial charge is 0.277 e. The maximum absolute atomic E-state index is 5.36. The zero-order valence-corrected chi connectivity index (χ0v) is 8.81. The SMILES string of the molecule is COC1(OC)NC=NC1c1ccccc1. The molecule has 1 atom stereocenters. The van der Waals surface area contributed by atoms with E-state index in [9.17, 15) is 0 Å². The van der Waals surface area contributed by atoms with Gasteiger partial charge in [-0.2, -0.15) is 0 Å². The fourth-order valence-corrected chi connectivity index (χ4v) is 1.74. The second kappa shape index (κ2) is 4.00. The molecule has 0 spiro atoms. The molecule has 0 aliphatic carbocycles. The van der Waals surface area contributed by atoms with Gasteiger partial charge >= 0.3 is 0 Å². The number of ether oxygens (including phenoxy) is 2. The van der Waals surface area contributed by atoms with Crippen LogP contribution >= 0.6 is 0 Å². The summed E-state index contributed by atoms with van der Waals surface area (Å²) < 4.78 is 10.7. The maximum atomic E-state index is 5.36. The summed E-state index contributed by atoms with van der Waals surface area (Å²) in [4.78, 5) is 4.32. The first kappa shape index (κ1) is 10.1. The molecule has 15 heavy (non-hydrogen) atoms. The van der Waals surface area contributed by atoms with Gasteiger partial charge in [0.15, 0.2) is 6.04 Å². The van der Waals surface area contributed by atoms with Crippen molar-refractivity contribution in [2.45, 2.75) is 12.0 Å². The lowest BCUT2D eigenvalue weighted by molar-refractivity contribution is -0.224. The molecule has 4 heteroatoms. The molecule has 1 N–H and O–H groups in total. The van der Waals surface area contributed by atoms with Crippen LogP contribution < -0.4 is 5.32 Å². The summed E-state index contributed by atoms with van der Waals surface area (Å²) in [5, 5.41) is 2.98. The van der Waals surface area contributed by atoms with Gasteiger partial charge in [0.2, 0.25) is 0 Å². The second-order valence-electron chi connectivity index (χ2n) is 3.31. The zero-order valence-electron chi connectivity index (χ0n) is 8.81. The molecule has 1 unspecified atom stereocenters. The number of rotatable bonds is 3. The van der Waals surface area contributed by atoms with E-state index in [0.29, 0.717) is 0 Å². The number of hydrogen-bond acceptors (Lipinski definition) is 4. The van der Waals surface area contributed by atoms with E-state index in [-0.39, 0.29) is 6.04 Å². The third kappa shape index (κ3) is 1.62. The molecule has 0 amide bonds. The van der Waals surface area contributed by atoms with Crippen molar-refractivity contribution in [2.75, 3.05) is 14.2 Å². The third-order valence-corrected chi connectivity index (χ3v) is 2.57. The molecule has 1 aliphatic rings. The van der Waals surface area contributed by atoms with Crippen molar-refractivity contribution in [3.8, 4) is 0 Å². The van der Waals surface area contributed by atoms with Gasteiger partial charge in [-0.3, -0.25) is 4.99 Å². The predicted octanol–water partition coefficient (Wildman–Crippen LogP) is 1.31. The minimum Gasteiger partial charge on any atom is -0.334 e. The van der Waals surface area contributed by atoms with E-state index in [1.807, 2.05) is 30.3 Å². The van der Waals surface area contributed by atoms with Gasteiger partial charge in [-0.25, -0.2) is 0 Å². The molecule has 1 heterocycles. The first-order chi connectivity index (χ1) is 7.32. The topological polar surface area (TPSA) is 42.9 Å². The highest BCUT2D eigenvalue weighted by Crippen LogP contribution is 2.33. The van der Waals surface area contributed by atoms with Crippen LogP contribution in [0.2, 0.25) is 0 Å². The van der Waals surface area contributed by atoms with Crippen LogP contribution in [0.15, 0.2) is 35.3 Å². The third-order valence-electron chi connectivity index (χ3n) is 2.57. The van der Waals surface area contributed by atoms with E-state index in [1.165, 1.54) is 0 Å². The summed E-state index contributed by atoms with van der Waals surface area (Å²) in [7, 11) is 3.20. The fraction of sp³-hybridized carbons (Fsp3) is 0.364. The lowest BCUT2D eigenvalue weighted by atomic mass is 10.1. The molecule has 0 saturated carbocycles. The van der Waals surface area contributed by atoms with Crippen LogP contribution in [0.25, 0.3) is 0 Å².